The van der Waals surface area contributed by atoms with E-state index >= 15 is 0 Å². The van der Waals surface area contributed by atoms with Crippen LogP contribution in [0.3, 0.4) is 0 Å². The van der Waals surface area contributed by atoms with Gasteiger partial charge in [-0.15, -0.1) is 10.2 Å². The normalized spacial score (nSPS) is 11.8. The molecule has 0 amide bonds. The topological polar surface area (TPSA) is 83.1 Å². The van der Waals surface area contributed by atoms with Gasteiger partial charge < -0.3 is 0 Å². The molecule has 0 bridgehead atoms. The molecular weight excluding hydrogens is 273 g/mol. The van der Waals surface area contributed by atoms with Crippen LogP contribution in [0, 0.1) is 0 Å². The highest BCUT2D eigenvalue weighted by Gasteiger charge is 2.36. The summed E-state index contributed by atoms with van der Waals surface area (Å²) in [6, 6.07) is 6.48. The number of aromatic nitrogens is 6. The minimum atomic E-state index is -4.52. The van der Waals surface area contributed by atoms with E-state index in [-0.39, 0.29) is 11.4 Å². The van der Waals surface area contributed by atoms with E-state index in [1.165, 1.54) is 0 Å². The van der Waals surface area contributed by atoms with E-state index in [1.807, 2.05) is 5.10 Å². The van der Waals surface area contributed by atoms with E-state index in [9.17, 15) is 13.2 Å². The Hall–Kier alpha value is -2.71. The molecule has 3 aromatic rings. The lowest BCUT2D eigenvalue weighted by atomic mass is 9.99. The maximum atomic E-state index is 12.9. The van der Waals surface area contributed by atoms with E-state index in [0.717, 1.165) is 6.20 Å². The summed E-state index contributed by atoms with van der Waals surface area (Å²) in [4.78, 5) is 0. The third-order valence-electron chi connectivity index (χ3n) is 2.73. The van der Waals surface area contributed by atoms with Gasteiger partial charge in [0.2, 0.25) is 5.82 Å². The Balaban J connectivity index is 2.20. The molecule has 6 nitrogen and oxygen atoms in total. The summed E-state index contributed by atoms with van der Waals surface area (Å²) in [7, 11) is 0. The molecule has 0 radical (unpaired) electrons. The molecule has 9 heteroatoms. The molecule has 2 heterocycles. The van der Waals surface area contributed by atoms with Crippen molar-refractivity contribution in [3.63, 3.8) is 0 Å². The van der Waals surface area contributed by atoms with Gasteiger partial charge in [-0.3, -0.25) is 5.10 Å². The van der Waals surface area contributed by atoms with Crippen molar-refractivity contribution in [1.82, 2.24) is 30.8 Å². The minimum absolute atomic E-state index is 0.0575. The lowest BCUT2D eigenvalue weighted by Gasteiger charge is -2.09. The van der Waals surface area contributed by atoms with Crippen LogP contribution in [-0.4, -0.2) is 30.8 Å². The number of rotatable bonds is 2. The number of tetrazole rings is 1. The van der Waals surface area contributed by atoms with Gasteiger partial charge in [0.05, 0.1) is 6.20 Å². The van der Waals surface area contributed by atoms with Gasteiger partial charge in [0.15, 0.2) is 0 Å². The quantitative estimate of drug-likeness (QED) is 0.754. The predicted octanol–water partition coefficient (Wildman–Crippen LogP) is 2.28. The summed E-state index contributed by atoms with van der Waals surface area (Å²) >= 11 is 0. The monoisotopic (exact) mass is 280 g/mol. The molecule has 0 aliphatic carbocycles. The highest BCUT2D eigenvalue weighted by atomic mass is 19.4. The van der Waals surface area contributed by atoms with Crippen molar-refractivity contribution in [3.8, 4) is 22.5 Å². The van der Waals surface area contributed by atoms with Crippen LogP contribution in [0.2, 0.25) is 0 Å². The van der Waals surface area contributed by atoms with Crippen molar-refractivity contribution in [1.29, 1.82) is 0 Å². The summed E-state index contributed by atoms with van der Waals surface area (Å²) in [6.07, 6.45) is -3.39. The van der Waals surface area contributed by atoms with Gasteiger partial charge in [-0.1, -0.05) is 24.3 Å². The number of halogens is 3. The average molecular weight is 280 g/mol. The SMILES string of the molecule is FC(F)(F)c1[nH]ncc1-c1ccccc1-c1nn[nH]n1. The molecule has 0 atom stereocenters. The molecule has 3 rings (SSSR count). The first-order chi connectivity index (χ1) is 9.57. The molecule has 0 spiro atoms. The molecular formula is C11H7F3N6. The zero-order valence-electron chi connectivity index (χ0n) is 9.81. The summed E-state index contributed by atoms with van der Waals surface area (Å²) in [6.45, 7) is 0. The van der Waals surface area contributed by atoms with Gasteiger partial charge in [-0.2, -0.15) is 23.5 Å². The van der Waals surface area contributed by atoms with Crippen molar-refractivity contribution >= 4 is 0 Å². The zero-order valence-corrected chi connectivity index (χ0v) is 9.81. The predicted molar refractivity (Wildman–Crippen MR) is 62.2 cm³/mol. The molecule has 2 aromatic heterocycles. The summed E-state index contributed by atoms with van der Waals surface area (Å²) < 4.78 is 38.8. The molecule has 0 unspecified atom stereocenters. The van der Waals surface area contributed by atoms with Gasteiger partial charge in [-0.25, -0.2) is 0 Å². The number of benzene rings is 1. The number of hydrogen-bond acceptors (Lipinski definition) is 4. The molecule has 0 saturated heterocycles. The van der Waals surface area contributed by atoms with Crippen LogP contribution in [0.15, 0.2) is 30.5 Å². The average Bonchev–Trinajstić information content (AvgIpc) is 3.09. The number of H-pyrrole nitrogens is 2. The van der Waals surface area contributed by atoms with Gasteiger partial charge in [0.1, 0.15) is 5.69 Å². The Labute approximate surface area is 110 Å². The van der Waals surface area contributed by atoms with Gasteiger partial charge in [0, 0.05) is 11.1 Å². The van der Waals surface area contributed by atoms with Crippen LogP contribution >= 0.6 is 0 Å². The fourth-order valence-electron chi connectivity index (χ4n) is 1.90. The van der Waals surface area contributed by atoms with Crippen LogP contribution in [0.25, 0.3) is 22.5 Å². The Kier molecular flexibility index (Phi) is 2.74. The number of nitrogens with one attached hydrogen (secondary N) is 2. The van der Waals surface area contributed by atoms with Gasteiger partial charge in [-0.05, 0) is 10.8 Å². The van der Waals surface area contributed by atoms with Gasteiger partial charge >= 0.3 is 6.18 Å². The highest BCUT2D eigenvalue weighted by molar-refractivity contribution is 5.81. The van der Waals surface area contributed by atoms with Crippen molar-refractivity contribution in [2.75, 3.05) is 0 Å². The number of hydrogen-bond donors (Lipinski definition) is 2. The van der Waals surface area contributed by atoms with Crippen molar-refractivity contribution in [3.05, 3.63) is 36.2 Å². The third kappa shape index (κ3) is 2.02. The zero-order chi connectivity index (χ0) is 14.2. The second kappa shape index (κ2) is 4.44. The largest absolute Gasteiger partial charge is 0.433 e. The Morgan fingerprint density at radius 2 is 1.75 bits per heavy atom. The minimum Gasteiger partial charge on any atom is -0.273 e. The van der Waals surface area contributed by atoms with Crippen molar-refractivity contribution in [2.24, 2.45) is 0 Å². The second-order valence-corrected chi connectivity index (χ2v) is 3.94. The van der Waals surface area contributed by atoms with E-state index in [4.69, 9.17) is 0 Å². The lowest BCUT2D eigenvalue weighted by Crippen LogP contribution is -2.07. The molecule has 0 saturated carbocycles. The summed E-state index contributed by atoms with van der Waals surface area (Å²) in [5, 5.41) is 18.7. The van der Waals surface area contributed by atoms with Crippen molar-refractivity contribution < 1.29 is 13.2 Å². The van der Waals surface area contributed by atoms with Crippen LogP contribution < -0.4 is 0 Å². The molecule has 0 fully saturated rings. The van der Waals surface area contributed by atoms with E-state index in [2.05, 4.69) is 25.7 Å². The fraction of sp³-hybridized carbons (Fsp3) is 0.0909. The van der Waals surface area contributed by atoms with Gasteiger partial charge in [0.25, 0.3) is 0 Å². The van der Waals surface area contributed by atoms with E-state index in [1.54, 1.807) is 24.3 Å². The van der Waals surface area contributed by atoms with Crippen LogP contribution in [0.1, 0.15) is 5.69 Å². The number of alkyl halides is 3. The Morgan fingerprint density at radius 3 is 2.40 bits per heavy atom. The molecule has 20 heavy (non-hydrogen) atoms. The molecule has 1 aromatic carbocycles. The maximum Gasteiger partial charge on any atom is 0.433 e. The van der Waals surface area contributed by atoms with Crippen molar-refractivity contribution in [2.45, 2.75) is 6.18 Å². The Bertz CT molecular complexity index is 716. The van der Waals surface area contributed by atoms with Crippen LogP contribution in [-0.2, 0) is 6.18 Å². The summed E-state index contributed by atoms with van der Waals surface area (Å²) in [5.41, 5.74) is -0.200. The summed E-state index contributed by atoms with van der Waals surface area (Å²) in [5.74, 6) is 0.218. The molecule has 0 aliphatic rings. The third-order valence-corrected chi connectivity index (χ3v) is 2.73. The second-order valence-electron chi connectivity index (χ2n) is 3.94. The smallest absolute Gasteiger partial charge is 0.273 e. The highest BCUT2D eigenvalue weighted by Crippen LogP contribution is 2.38. The first-order valence-electron chi connectivity index (χ1n) is 5.51. The molecule has 102 valence electrons. The molecule has 0 aliphatic heterocycles. The van der Waals surface area contributed by atoms with E-state index < -0.39 is 11.9 Å². The molecule has 2 N–H and O–H groups in total. The standard InChI is InChI=1S/C11H7F3N6/c12-11(13,14)9-8(5-15-16-9)6-3-1-2-4-7(6)10-17-19-20-18-10/h1-5H,(H,15,16)(H,17,18,19,20). The Morgan fingerprint density at radius 1 is 1.00 bits per heavy atom. The van der Waals surface area contributed by atoms with Crippen LogP contribution in [0.4, 0.5) is 13.2 Å². The lowest BCUT2D eigenvalue weighted by molar-refractivity contribution is -0.140. The number of nitrogens with zero attached hydrogens (tertiary/aromatic N) is 4. The fourth-order valence-corrected chi connectivity index (χ4v) is 1.90. The first kappa shape index (κ1) is 12.3. The van der Waals surface area contributed by atoms with E-state index in [0.29, 0.717) is 11.1 Å². The van der Waals surface area contributed by atoms with Crippen LogP contribution in [0.5, 0.6) is 0 Å². The number of aromatic amines is 2. The maximum absolute atomic E-state index is 12.9. The first-order valence-corrected chi connectivity index (χ1v) is 5.51.